The second kappa shape index (κ2) is 7.09. The van der Waals surface area contributed by atoms with E-state index in [4.69, 9.17) is 16.3 Å². The van der Waals surface area contributed by atoms with Crippen LogP contribution in [0, 0.1) is 10.1 Å². The molecule has 1 unspecified atom stereocenters. The van der Waals surface area contributed by atoms with Gasteiger partial charge >= 0.3 is 0 Å². The molecule has 4 nitrogen and oxygen atoms in total. The van der Waals surface area contributed by atoms with Crippen molar-refractivity contribution in [2.45, 2.75) is 12.3 Å². The molecular formula is C16H16ClNO3. The Kier molecular flexibility index (Phi) is 5.17. The molecule has 0 aliphatic heterocycles. The molecule has 0 radical (unpaired) electrons. The summed E-state index contributed by atoms with van der Waals surface area (Å²) in [5, 5.41) is 11.6. The molecule has 0 amide bonds. The van der Waals surface area contributed by atoms with Gasteiger partial charge in [0.1, 0.15) is 5.75 Å². The van der Waals surface area contributed by atoms with Crippen molar-refractivity contribution >= 4 is 11.6 Å². The number of benzene rings is 2. The summed E-state index contributed by atoms with van der Waals surface area (Å²) in [5.41, 5.74) is 1.96. The third kappa shape index (κ3) is 4.46. The van der Waals surface area contributed by atoms with E-state index in [0.29, 0.717) is 11.4 Å². The van der Waals surface area contributed by atoms with Gasteiger partial charge in [0.15, 0.2) is 0 Å². The molecule has 0 aromatic heterocycles. The van der Waals surface area contributed by atoms with Crippen molar-refractivity contribution < 1.29 is 9.66 Å². The predicted molar refractivity (Wildman–Crippen MR) is 82.8 cm³/mol. The van der Waals surface area contributed by atoms with E-state index in [-0.39, 0.29) is 17.4 Å². The number of ether oxygens (including phenoxy) is 1. The summed E-state index contributed by atoms with van der Waals surface area (Å²) in [4.78, 5) is 10.6. The monoisotopic (exact) mass is 305 g/mol. The van der Waals surface area contributed by atoms with Crippen molar-refractivity contribution in [3.8, 4) is 5.75 Å². The number of rotatable bonds is 6. The van der Waals surface area contributed by atoms with Crippen molar-refractivity contribution in [2.75, 3.05) is 13.7 Å². The lowest BCUT2D eigenvalue weighted by Crippen LogP contribution is -2.15. The maximum absolute atomic E-state index is 10.9. The fourth-order valence-electron chi connectivity index (χ4n) is 2.25. The minimum Gasteiger partial charge on any atom is -0.497 e. The summed E-state index contributed by atoms with van der Waals surface area (Å²) in [6.45, 7) is -0.102. The van der Waals surface area contributed by atoms with Crippen molar-refractivity contribution in [1.82, 2.24) is 0 Å². The van der Waals surface area contributed by atoms with E-state index >= 15 is 0 Å². The second-order valence-corrected chi connectivity index (χ2v) is 5.25. The van der Waals surface area contributed by atoms with Crippen molar-refractivity contribution in [2.24, 2.45) is 0 Å². The lowest BCUT2D eigenvalue weighted by Gasteiger charge is -2.14. The minimum absolute atomic E-state index is 0.102. The Hall–Kier alpha value is -2.07. The van der Waals surface area contributed by atoms with Gasteiger partial charge in [-0.15, -0.1) is 0 Å². The van der Waals surface area contributed by atoms with E-state index < -0.39 is 0 Å². The van der Waals surface area contributed by atoms with Gasteiger partial charge in [-0.25, -0.2) is 0 Å². The molecule has 0 spiro atoms. The summed E-state index contributed by atoms with van der Waals surface area (Å²) < 4.78 is 5.11. The van der Waals surface area contributed by atoms with Crippen LogP contribution in [-0.2, 0) is 6.42 Å². The Morgan fingerprint density at radius 3 is 2.29 bits per heavy atom. The third-order valence-electron chi connectivity index (χ3n) is 3.35. The van der Waals surface area contributed by atoms with Crippen LogP contribution >= 0.6 is 11.6 Å². The van der Waals surface area contributed by atoms with Gasteiger partial charge < -0.3 is 4.74 Å². The predicted octanol–water partition coefficient (Wildman–Crippen LogP) is 3.95. The number of methoxy groups -OCH3 is 1. The zero-order valence-corrected chi connectivity index (χ0v) is 12.4. The molecular weight excluding hydrogens is 290 g/mol. The molecule has 0 bridgehead atoms. The molecule has 0 saturated carbocycles. The molecule has 0 fully saturated rings. The molecule has 110 valence electrons. The second-order valence-electron chi connectivity index (χ2n) is 4.82. The van der Waals surface area contributed by atoms with Gasteiger partial charge in [-0.2, -0.15) is 0 Å². The van der Waals surface area contributed by atoms with Crippen LogP contribution < -0.4 is 4.74 Å². The van der Waals surface area contributed by atoms with Gasteiger partial charge in [-0.1, -0.05) is 35.9 Å². The van der Waals surface area contributed by atoms with Gasteiger partial charge in [0.05, 0.1) is 13.0 Å². The standard InChI is InChI=1S/C16H16ClNO3/c1-21-16-8-4-13(5-9-16)14(11-18(19)20)10-12-2-6-15(17)7-3-12/h2-9,14H,10-11H2,1H3. The highest BCUT2D eigenvalue weighted by molar-refractivity contribution is 6.30. The molecule has 2 rings (SSSR count). The van der Waals surface area contributed by atoms with Crippen LogP contribution in [-0.4, -0.2) is 18.6 Å². The molecule has 0 N–H and O–H groups in total. The zero-order chi connectivity index (χ0) is 15.2. The van der Waals surface area contributed by atoms with Gasteiger partial charge in [0.25, 0.3) is 0 Å². The van der Waals surface area contributed by atoms with E-state index in [1.165, 1.54) is 0 Å². The maximum Gasteiger partial charge on any atom is 0.210 e. The molecule has 2 aromatic rings. The highest BCUT2D eigenvalue weighted by Crippen LogP contribution is 2.24. The molecule has 0 aliphatic rings. The van der Waals surface area contributed by atoms with Crippen LogP contribution in [0.5, 0.6) is 5.75 Å². The lowest BCUT2D eigenvalue weighted by atomic mass is 9.92. The van der Waals surface area contributed by atoms with Crippen molar-refractivity contribution in [3.63, 3.8) is 0 Å². The number of hydrogen-bond donors (Lipinski definition) is 0. The minimum atomic E-state index is -0.273. The molecule has 2 aromatic carbocycles. The fourth-order valence-corrected chi connectivity index (χ4v) is 2.37. The number of hydrogen-bond acceptors (Lipinski definition) is 3. The Balaban J connectivity index is 2.20. The zero-order valence-electron chi connectivity index (χ0n) is 11.7. The first kappa shape index (κ1) is 15.3. The smallest absolute Gasteiger partial charge is 0.210 e. The first-order chi connectivity index (χ1) is 10.1. The third-order valence-corrected chi connectivity index (χ3v) is 3.60. The highest BCUT2D eigenvalue weighted by atomic mass is 35.5. The number of halogens is 1. The maximum atomic E-state index is 10.9. The van der Waals surface area contributed by atoms with Crippen LogP contribution in [0.25, 0.3) is 0 Å². The van der Waals surface area contributed by atoms with E-state index in [1.807, 2.05) is 36.4 Å². The summed E-state index contributed by atoms with van der Waals surface area (Å²) in [6, 6.07) is 14.8. The molecule has 21 heavy (non-hydrogen) atoms. The molecule has 0 aliphatic carbocycles. The molecule has 0 saturated heterocycles. The molecule has 5 heteroatoms. The largest absolute Gasteiger partial charge is 0.497 e. The lowest BCUT2D eigenvalue weighted by molar-refractivity contribution is -0.483. The SMILES string of the molecule is COc1ccc(C(Cc2ccc(Cl)cc2)C[N+](=O)[O-])cc1. The number of nitro groups is 1. The Bertz CT molecular complexity index is 596. The highest BCUT2D eigenvalue weighted by Gasteiger charge is 2.18. The van der Waals surface area contributed by atoms with Crippen molar-refractivity contribution in [1.29, 1.82) is 0 Å². The fraction of sp³-hybridized carbons (Fsp3) is 0.250. The molecule has 1 atom stereocenters. The van der Waals surface area contributed by atoms with Crippen LogP contribution in [0.3, 0.4) is 0 Å². The van der Waals surface area contributed by atoms with E-state index in [9.17, 15) is 10.1 Å². The first-order valence-corrected chi connectivity index (χ1v) is 6.96. The Morgan fingerprint density at radius 1 is 1.14 bits per heavy atom. The quantitative estimate of drug-likeness (QED) is 0.600. The average molecular weight is 306 g/mol. The van der Waals surface area contributed by atoms with Gasteiger partial charge in [-0.05, 0) is 41.8 Å². The topological polar surface area (TPSA) is 52.4 Å². The summed E-state index contributed by atoms with van der Waals surface area (Å²) in [7, 11) is 1.59. The van der Waals surface area contributed by atoms with Gasteiger partial charge in [-0.3, -0.25) is 10.1 Å². The van der Waals surface area contributed by atoms with E-state index in [1.54, 1.807) is 19.2 Å². The normalized spacial score (nSPS) is 11.9. The summed E-state index contributed by atoms with van der Waals surface area (Å²) in [5.74, 6) is 0.567. The van der Waals surface area contributed by atoms with Crippen LogP contribution in [0.15, 0.2) is 48.5 Å². The Morgan fingerprint density at radius 2 is 1.76 bits per heavy atom. The van der Waals surface area contributed by atoms with Gasteiger partial charge in [0, 0.05) is 9.95 Å². The van der Waals surface area contributed by atoms with Crippen LogP contribution in [0.1, 0.15) is 17.0 Å². The van der Waals surface area contributed by atoms with Crippen LogP contribution in [0.4, 0.5) is 0 Å². The molecule has 0 heterocycles. The average Bonchev–Trinajstić information content (AvgIpc) is 2.48. The Labute approximate surface area is 128 Å². The van der Waals surface area contributed by atoms with Crippen LogP contribution in [0.2, 0.25) is 5.02 Å². The summed E-state index contributed by atoms with van der Waals surface area (Å²) in [6.07, 6.45) is 0.602. The summed E-state index contributed by atoms with van der Waals surface area (Å²) >= 11 is 5.86. The number of nitrogens with zero attached hydrogens (tertiary/aromatic N) is 1. The van der Waals surface area contributed by atoms with E-state index in [0.717, 1.165) is 16.9 Å². The van der Waals surface area contributed by atoms with Crippen molar-refractivity contribution in [3.05, 3.63) is 74.8 Å². The van der Waals surface area contributed by atoms with E-state index in [2.05, 4.69) is 0 Å². The first-order valence-electron chi connectivity index (χ1n) is 6.58. The van der Waals surface area contributed by atoms with Gasteiger partial charge in [0.2, 0.25) is 6.54 Å².